The third-order valence-corrected chi connectivity index (χ3v) is 7.81. The molecule has 43 heavy (non-hydrogen) atoms. The number of anilines is 1. The molecule has 0 bridgehead atoms. The molecule has 234 valence electrons. The van der Waals surface area contributed by atoms with Gasteiger partial charge < -0.3 is 20.6 Å². The summed E-state index contributed by atoms with van der Waals surface area (Å²) in [6.45, 7) is 2.03. The molecule has 2 aliphatic rings. The predicted molar refractivity (Wildman–Crippen MR) is 147 cm³/mol. The van der Waals surface area contributed by atoms with E-state index in [1.54, 1.807) is 10.7 Å². The van der Waals surface area contributed by atoms with Gasteiger partial charge in [0.05, 0.1) is 11.6 Å². The third-order valence-electron chi connectivity index (χ3n) is 7.81. The molecule has 1 unspecified atom stereocenters. The second-order valence-corrected chi connectivity index (χ2v) is 11.6. The van der Waals surface area contributed by atoms with E-state index >= 15 is 4.39 Å². The highest BCUT2D eigenvalue weighted by molar-refractivity contribution is 6.01. The molecule has 0 spiro atoms. The first-order chi connectivity index (χ1) is 20.2. The van der Waals surface area contributed by atoms with Gasteiger partial charge in [0, 0.05) is 12.2 Å². The Morgan fingerprint density at radius 2 is 1.70 bits per heavy atom. The molecule has 2 aromatic rings. The number of benzene rings is 1. The number of carbonyl (C=O) groups excluding carboxylic acids is 3. The number of carboxylic acids is 1. The van der Waals surface area contributed by atoms with Gasteiger partial charge in [0.25, 0.3) is 5.91 Å². The van der Waals surface area contributed by atoms with Crippen LogP contribution in [-0.4, -0.2) is 68.8 Å². The van der Waals surface area contributed by atoms with Gasteiger partial charge in [-0.15, -0.1) is 0 Å². The van der Waals surface area contributed by atoms with E-state index in [1.165, 1.54) is 25.3 Å². The van der Waals surface area contributed by atoms with E-state index in [2.05, 4.69) is 15.7 Å². The van der Waals surface area contributed by atoms with E-state index in [9.17, 15) is 32.3 Å². The van der Waals surface area contributed by atoms with Gasteiger partial charge in [0.2, 0.25) is 11.8 Å². The van der Waals surface area contributed by atoms with Crippen molar-refractivity contribution in [3.05, 3.63) is 47.5 Å². The summed E-state index contributed by atoms with van der Waals surface area (Å²) in [6.07, 6.45) is 0.360. The average molecular weight is 610 g/mol. The SMILES string of the molecule is CC(C(=O)N(CC(=O)O)CC(F)(F)F)c1ccc(NC(=O)[C@@H](NC(=O)c2ccnn2C(C)C)C(C2CC2)C2CC2)c(F)c1. The third kappa shape index (κ3) is 8.11. The minimum atomic E-state index is -4.83. The quantitative estimate of drug-likeness (QED) is 0.289. The molecule has 2 fully saturated rings. The van der Waals surface area contributed by atoms with E-state index in [0.717, 1.165) is 31.7 Å². The summed E-state index contributed by atoms with van der Waals surface area (Å²) in [7, 11) is 0. The highest BCUT2D eigenvalue weighted by Gasteiger charge is 2.48. The molecule has 3 amide bonds. The maximum absolute atomic E-state index is 15.2. The molecule has 1 aromatic heterocycles. The van der Waals surface area contributed by atoms with Crippen LogP contribution in [0, 0.1) is 23.6 Å². The highest BCUT2D eigenvalue weighted by Crippen LogP contribution is 2.51. The van der Waals surface area contributed by atoms with Crippen molar-refractivity contribution in [1.82, 2.24) is 20.0 Å². The fourth-order valence-electron chi connectivity index (χ4n) is 5.47. The number of halogens is 4. The zero-order chi connectivity index (χ0) is 31.6. The van der Waals surface area contributed by atoms with Crippen LogP contribution in [0.1, 0.15) is 74.5 Å². The normalized spacial score (nSPS) is 16.6. The molecule has 14 heteroatoms. The molecule has 0 saturated heterocycles. The number of nitrogens with one attached hydrogen (secondary N) is 2. The Bertz CT molecular complexity index is 1360. The Labute approximate surface area is 245 Å². The number of amides is 3. The molecule has 4 rings (SSSR count). The summed E-state index contributed by atoms with van der Waals surface area (Å²) < 4.78 is 55.6. The van der Waals surface area contributed by atoms with E-state index < -0.39 is 60.7 Å². The average Bonchev–Trinajstić information content (AvgIpc) is 3.86. The lowest BCUT2D eigenvalue weighted by molar-refractivity contribution is -0.166. The van der Waals surface area contributed by atoms with Gasteiger partial charge in [-0.3, -0.25) is 23.9 Å². The number of rotatable bonds is 13. The van der Waals surface area contributed by atoms with Crippen LogP contribution in [0.25, 0.3) is 0 Å². The smallest absolute Gasteiger partial charge is 0.406 e. The van der Waals surface area contributed by atoms with Crippen LogP contribution in [-0.2, 0) is 14.4 Å². The first-order valence-corrected chi connectivity index (χ1v) is 14.2. The molecule has 10 nitrogen and oxygen atoms in total. The van der Waals surface area contributed by atoms with Crippen molar-refractivity contribution in [2.24, 2.45) is 17.8 Å². The zero-order valence-electron chi connectivity index (χ0n) is 24.0. The summed E-state index contributed by atoms with van der Waals surface area (Å²) in [5, 5.41) is 18.5. The molecule has 0 aliphatic heterocycles. The Morgan fingerprint density at radius 3 is 2.21 bits per heavy atom. The number of hydrogen-bond donors (Lipinski definition) is 3. The summed E-state index contributed by atoms with van der Waals surface area (Å²) in [5.41, 5.74) is 0.0522. The van der Waals surface area contributed by atoms with Crippen LogP contribution in [0.4, 0.5) is 23.2 Å². The molecular weight excluding hydrogens is 574 g/mol. The molecule has 2 atom stereocenters. The number of hydrogen-bond acceptors (Lipinski definition) is 5. The van der Waals surface area contributed by atoms with Crippen molar-refractivity contribution >= 4 is 29.4 Å². The topological polar surface area (TPSA) is 134 Å². The highest BCUT2D eigenvalue weighted by atomic mass is 19.4. The molecule has 3 N–H and O–H groups in total. The maximum atomic E-state index is 15.2. The largest absolute Gasteiger partial charge is 0.480 e. The monoisotopic (exact) mass is 609 g/mol. The second kappa shape index (κ2) is 12.7. The van der Waals surface area contributed by atoms with Gasteiger partial charge in [-0.25, -0.2) is 4.39 Å². The molecule has 1 aromatic carbocycles. The Hall–Kier alpha value is -3.97. The van der Waals surface area contributed by atoms with Gasteiger partial charge >= 0.3 is 12.1 Å². The molecular formula is C29H35F4N5O5. The summed E-state index contributed by atoms with van der Waals surface area (Å²) in [5.74, 6) is -5.72. The first kappa shape index (κ1) is 32.0. The first-order valence-electron chi connectivity index (χ1n) is 14.2. The number of alkyl halides is 3. The molecule has 1 heterocycles. The number of nitrogens with zero attached hydrogens (tertiary/aromatic N) is 3. The van der Waals surface area contributed by atoms with Gasteiger partial charge in [-0.05, 0) is 88.0 Å². The van der Waals surface area contributed by atoms with Crippen molar-refractivity contribution in [3.63, 3.8) is 0 Å². The van der Waals surface area contributed by atoms with Gasteiger partial charge in [-0.2, -0.15) is 18.3 Å². The van der Waals surface area contributed by atoms with Crippen LogP contribution in [0.3, 0.4) is 0 Å². The van der Waals surface area contributed by atoms with Gasteiger partial charge in [-0.1, -0.05) is 6.07 Å². The molecule has 0 radical (unpaired) electrons. The van der Waals surface area contributed by atoms with Crippen molar-refractivity contribution in [3.8, 4) is 0 Å². The van der Waals surface area contributed by atoms with Gasteiger partial charge in [0.1, 0.15) is 30.6 Å². The lowest BCUT2D eigenvalue weighted by Gasteiger charge is -2.28. The number of carbonyl (C=O) groups is 4. The number of carboxylic acid groups (broad SMARTS) is 1. The molecule has 2 saturated carbocycles. The van der Waals surface area contributed by atoms with E-state index in [-0.39, 0.29) is 45.6 Å². The van der Waals surface area contributed by atoms with Crippen LogP contribution in [0.15, 0.2) is 30.5 Å². The van der Waals surface area contributed by atoms with E-state index in [1.807, 2.05) is 13.8 Å². The van der Waals surface area contributed by atoms with Crippen LogP contribution >= 0.6 is 0 Å². The van der Waals surface area contributed by atoms with E-state index in [0.29, 0.717) is 0 Å². The van der Waals surface area contributed by atoms with Crippen molar-refractivity contribution in [1.29, 1.82) is 0 Å². The summed E-state index contributed by atoms with van der Waals surface area (Å²) in [4.78, 5) is 50.8. The minimum Gasteiger partial charge on any atom is -0.480 e. The van der Waals surface area contributed by atoms with Gasteiger partial charge in [0.15, 0.2) is 0 Å². The minimum absolute atomic E-state index is 0.00120. The fourth-order valence-corrected chi connectivity index (χ4v) is 5.47. The predicted octanol–water partition coefficient (Wildman–Crippen LogP) is 4.36. The van der Waals surface area contributed by atoms with Crippen LogP contribution < -0.4 is 10.6 Å². The fraction of sp³-hybridized carbons (Fsp3) is 0.552. The number of aromatic nitrogens is 2. The molecule has 2 aliphatic carbocycles. The standard InChI is InChI=1S/C29H35F4N5O5/c1-15(2)38-22(10-11-34-38)26(41)36-25(24(17-4-5-17)18-6-7-18)27(42)35-21-9-8-19(12-20(21)30)16(3)28(43)37(13-23(39)40)14-29(31,32)33/h8-12,15-18,24-25H,4-7,13-14H2,1-3H3,(H,35,42)(H,36,41)(H,39,40)/t16?,25-/m0/s1. The van der Waals surface area contributed by atoms with Crippen molar-refractivity contribution in [2.45, 2.75) is 70.6 Å². The zero-order valence-corrected chi connectivity index (χ0v) is 24.0. The number of aliphatic carboxylic acids is 1. The summed E-state index contributed by atoms with van der Waals surface area (Å²) >= 11 is 0. The van der Waals surface area contributed by atoms with Crippen LogP contribution in [0.2, 0.25) is 0 Å². The van der Waals surface area contributed by atoms with Crippen molar-refractivity contribution < 1.29 is 41.8 Å². The Morgan fingerprint density at radius 1 is 1.07 bits per heavy atom. The lowest BCUT2D eigenvalue weighted by atomic mass is 9.88. The lowest BCUT2D eigenvalue weighted by Crippen LogP contribution is -2.50. The van der Waals surface area contributed by atoms with Crippen molar-refractivity contribution in [2.75, 3.05) is 18.4 Å². The Balaban J connectivity index is 1.52. The Kier molecular flexibility index (Phi) is 9.45. The van der Waals surface area contributed by atoms with E-state index in [4.69, 9.17) is 5.11 Å². The van der Waals surface area contributed by atoms with Crippen LogP contribution in [0.5, 0.6) is 0 Å². The second-order valence-electron chi connectivity index (χ2n) is 11.6. The summed E-state index contributed by atoms with van der Waals surface area (Å²) in [6, 6.07) is 3.89. The maximum Gasteiger partial charge on any atom is 0.406 e.